The van der Waals surface area contributed by atoms with E-state index in [9.17, 15) is 9.59 Å². The Balaban J connectivity index is 1.88. The van der Waals surface area contributed by atoms with Crippen LogP contribution >= 0.6 is 27.3 Å². The van der Waals surface area contributed by atoms with Crippen molar-refractivity contribution in [2.45, 2.75) is 13.3 Å². The number of aryl methyl sites for hydroxylation is 1. The number of fused-ring (bicyclic) bond motifs is 1. The largest absolute Gasteiger partial charge is 0.277 e. The third-order valence-electron chi connectivity index (χ3n) is 4.43. The Morgan fingerprint density at radius 2 is 1.78 bits per heavy atom. The van der Waals surface area contributed by atoms with E-state index in [0.717, 1.165) is 15.6 Å². The summed E-state index contributed by atoms with van der Waals surface area (Å²) in [6.45, 7) is 1.81. The number of aromatic nitrogens is 2. The summed E-state index contributed by atoms with van der Waals surface area (Å²) in [6.07, 6.45) is 2.29. The molecule has 27 heavy (non-hydrogen) atoms. The number of rotatable bonds is 3. The van der Waals surface area contributed by atoms with Gasteiger partial charge in [0, 0.05) is 22.2 Å². The molecule has 4 nitrogen and oxygen atoms in total. The molecule has 0 aliphatic carbocycles. The van der Waals surface area contributed by atoms with E-state index in [4.69, 9.17) is 0 Å². The van der Waals surface area contributed by atoms with Gasteiger partial charge in [0.2, 0.25) is 4.96 Å². The van der Waals surface area contributed by atoms with Crippen LogP contribution < -0.4 is 15.7 Å². The maximum Gasteiger partial charge on any atom is 0.277 e. The summed E-state index contributed by atoms with van der Waals surface area (Å²) in [5, 5.41) is 0. The molecular formula is C21H15BrN2O2S. The SMILES string of the molecule is Cc1c(Cc2ccccc2)c(=O)nc2s/c(=C\c3ccc(Br)cc3)c(=O)n12. The zero-order chi connectivity index (χ0) is 19.0. The molecule has 0 bridgehead atoms. The molecule has 0 aliphatic heterocycles. The minimum absolute atomic E-state index is 0.141. The average Bonchev–Trinajstić information content (AvgIpc) is 2.97. The predicted molar refractivity (Wildman–Crippen MR) is 113 cm³/mol. The monoisotopic (exact) mass is 438 g/mol. The number of thiazole rings is 1. The second-order valence-electron chi connectivity index (χ2n) is 6.23. The van der Waals surface area contributed by atoms with E-state index in [1.165, 1.54) is 11.3 Å². The van der Waals surface area contributed by atoms with E-state index in [1.807, 2.05) is 67.6 Å². The molecule has 2 aromatic heterocycles. The molecule has 0 fully saturated rings. The van der Waals surface area contributed by atoms with Crippen molar-refractivity contribution in [3.05, 3.63) is 107 Å². The Kier molecular flexibility index (Phi) is 4.76. The van der Waals surface area contributed by atoms with E-state index >= 15 is 0 Å². The quantitative estimate of drug-likeness (QED) is 0.492. The van der Waals surface area contributed by atoms with Crippen LogP contribution in [-0.2, 0) is 6.42 Å². The molecule has 2 heterocycles. The van der Waals surface area contributed by atoms with E-state index in [1.54, 1.807) is 4.40 Å². The first-order valence-corrected chi connectivity index (χ1v) is 10.00. The van der Waals surface area contributed by atoms with Crippen molar-refractivity contribution >= 4 is 38.3 Å². The van der Waals surface area contributed by atoms with Gasteiger partial charge in [-0.2, -0.15) is 4.98 Å². The summed E-state index contributed by atoms with van der Waals surface area (Å²) in [4.78, 5) is 30.1. The average molecular weight is 439 g/mol. The van der Waals surface area contributed by atoms with Crippen LogP contribution in [0, 0.1) is 6.92 Å². The summed E-state index contributed by atoms with van der Waals surface area (Å²) in [5.41, 5.74) is 2.75. The van der Waals surface area contributed by atoms with E-state index in [2.05, 4.69) is 20.9 Å². The fraction of sp³-hybridized carbons (Fsp3) is 0.0952. The molecule has 0 amide bonds. The summed E-state index contributed by atoms with van der Waals surface area (Å²) in [6, 6.07) is 17.4. The van der Waals surface area contributed by atoms with Crippen LogP contribution in [0.25, 0.3) is 11.0 Å². The van der Waals surface area contributed by atoms with Crippen LogP contribution in [0.5, 0.6) is 0 Å². The molecule has 6 heteroatoms. The number of halogens is 1. The lowest BCUT2D eigenvalue weighted by molar-refractivity contribution is 0.940. The molecule has 0 radical (unpaired) electrons. The highest BCUT2D eigenvalue weighted by Gasteiger charge is 2.14. The number of hydrogen-bond donors (Lipinski definition) is 0. The first kappa shape index (κ1) is 17.8. The molecule has 0 N–H and O–H groups in total. The lowest BCUT2D eigenvalue weighted by Gasteiger charge is -2.06. The number of benzene rings is 2. The van der Waals surface area contributed by atoms with Crippen molar-refractivity contribution in [3.8, 4) is 0 Å². The summed E-state index contributed by atoms with van der Waals surface area (Å²) in [5.74, 6) is 0. The van der Waals surface area contributed by atoms with Crippen LogP contribution in [0.2, 0.25) is 0 Å². The molecule has 4 rings (SSSR count). The van der Waals surface area contributed by atoms with E-state index in [0.29, 0.717) is 27.2 Å². The normalized spacial score (nSPS) is 12.0. The Morgan fingerprint density at radius 3 is 2.48 bits per heavy atom. The van der Waals surface area contributed by atoms with Gasteiger partial charge in [-0.1, -0.05) is 69.7 Å². The summed E-state index contributed by atoms with van der Waals surface area (Å²) >= 11 is 4.64. The van der Waals surface area contributed by atoms with Crippen molar-refractivity contribution in [1.29, 1.82) is 0 Å². The van der Waals surface area contributed by atoms with Crippen LogP contribution in [0.1, 0.15) is 22.4 Å². The van der Waals surface area contributed by atoms with E-state index in [-0.39, 0.29) is 11.1 Å². The highest BCUT2D eigenvalue weighted by Crippen LogP contribution is 2.13. The summed E-state index contributed by atoms with van der Waals surface area (Å²) in [7, 11) is 0. The molecule has 0 aliphatic rings. The van der Waals surface area contributed by atoms with Gasteiger partial charge in [0.15, 0.2) is 0 Å². The first-order valence-electron chi connectivity index (χ1n) is 8.39. The minimum atomic E-state index is -0.271. The third-order valence-corrected chi connectivity index (χ3v) is 5.92. The van der Waals surface area contributed by atoms with Crippen LogP contribution in [0.3, 0.4) is 0 Å². The topological polar surface area (TPSA) is 51.4 Å². The summed E-state index contributed by atoms with van der Waals surface area (Å²) < 4.78 is 3.09. The van der Waals surface area contributed by atoms with Gasteiger partial charge in [-0.05, 0) is 36.3 Å². The van der Waals surface area contributed by atoms with Gasteiger partial charge in [0.25, 0.3) is 11.1 Å². The number of nitrogens with zero attached hydrogens (tertiary/aromatic N) is 2. The zero-order valence-corrected chi connectivity index (χ0v) is 16.9. The maximum atomic E-state index is 12.9. The van der Waals surface area contributed by atoms with Gasteiger partial charge in [0.05, 0.1) is 4.53 Å². The van der Waals surface area contributed by atoms with Crippen LogP contribution in [0.4, 0.5) is 0 Å². The standard InChI is InChI=1S/C21H15BrN2O2S/c1-13-17(11-14-5-3-2-4-6-14)19(25)23-21-24(13)20(26)18(27-21)12-15-7-9-16(22)10-8-15/h2-10,12H,11H2,1H3/b18-12-. The Hall–Kier alpha value is -2.57. The van der Waals surface area contributed by atoms with Crippen molar-refractivity contribution in [2.75, 3.05) is 0 Å². The molecule has 2 aromatic carbocycles. The fourth-order valence-electron chi connectivity index (χ4n) is 3.00. The van der Waals surface area contributed by atoms with Crippen molar-refractivity contribution in [3.63, 3.8) is 0 Å². The predicted octanol–water partition coefficient (Wildman–Crippen LogP) is 3.33. The Morgan fingerprint density at radius 1 is 1.07 bits per heavy atom. The first-order chi connectivity index (χ1) is 13.0. The van der Waals surface area contributed by atoms with Crippen molar-refractivity contribution < 1.29 is 0 Å². The highest BCUT2D eigenvalue weighted by molar-refractivity contribution is 9.10. The molecule has 0 spiro atoms. The molecule has 0 atom stereocenters. The third kappa shape index (κ3) is 3.50. The van der Waals surface area contributed by atoms with E-state index < -0.39 is 0 Å². The fourth-order valence-corrected chi connectivity index (χ4v) is 4.28. The second kappa shape index (κ2) is 7.21. The van der Waals surface area contributed by atoms with Crippen molar-refractivity contribution in [1.82, 2.24) is 9.38 Å². The molecule has 134 valence electrons. The Bertz CT molecular complexity index is 1290. The van der Waals surface area contributed by atoms with Gasteiger partial charge in [0.1, 0.15) is 0 Å². The molecule has 4 aromatic rings. The second-order valence-corrected chi connectivity index (χ2v) is 8.15. The van der Waals surface area contributed by atoms with Gasteiger partial charge in [-0.25, -0.2) is 0 Å². The lowest BCUT2D eigenvalue weighted by Crippen LogP contribution is -2.27. The highest BCUT2D eigenvalue weighted by atomic mass is 79.9. The number of hydrogen-bond acceptors (Lipinski definition) is 4. The lowest BCUT2D eigenvalue weighted by atomic mass is 10.1. The Labute approximate surface area is 167 Å². The van der Waals surface area contributed by atoms with Gasteiger partial charge >= 0.3 is 0 Å². The van der Waals surface area contributed by atoms with Crippen LogP contribution in [0.15, 0.2) is 68.7 Å². The zero-order valence-electron chi connectivity index (χ0n) is 14.5. The molecule has 0 unspecified atom stereocenters. The van der Waals surface area contributed by atoms with Crippen molar-refractivity contribution in [2.24, 2.45) is 0 Å². The molecular weight excluding hydrogens is 424 g/mol. The van der Waals surface area contributed by atoms with Gasteiger partial charge in [-0.3, -0.25) is 14.0 Å². The molecule has 0 saturated carbocycles. The minimum Gasteiger partial charge on any atom is -0.267 e. The van der Waals surface area contributed by atoms with Gasteiger partial charge in [-0.15, -0.1) is 0 Å². The molecule has 0 saturated heterocycles. The smallest absolute Gasteiger partial charge is 0.267 e. The van der Waals surface area contributed by atoms with Crippen LogP contribution in [-0.4, -0.2) is 9.38 Å². The maximum absolute atomic E-state index is 12.9. The van der Waals surface area contributed by atoms with Gasteiger partial charge < -0.3 is 0 Å².